The van der Waals surface area contributed by atoms with E-state index in [4.69, 9.17) is 10.9 Å². The van der Waals surface area contributed by atoms with Gasteiger partial charge in [0.05, 0.1) is 16.3 Å². The van der Waals surface area contributed by atoms with Gasteiger partial charge in [0.15, 0.2) is 0 Å². The third-order valence-electron chi connectivity index (χ3n) is 2.16. The van der Waals surface area contributed by atoms with Crippen molar-refractivity contribution >= 4 is 21.4 Å². The van der Waals surface area contributed by atoms with E-state index < -0.39 is 22.7 Å². The van der Waals surface area contributed by atoms with Crippen molar-refractivity contribution in [3.05, 3.63) is 18.2 Å². The van der Waals surface area contributed by atoms with E-state index in [0.29, 0.717) is 0 Å². The predicted molar refractivity (Wildman–Crippen MR) is 61.6 cm³/mol. The van der Waals surface area contributed by atoms with E-state index in [0.717, 1.165) is 24.1 Å². The van der Waals surface area contributed by atoms with Crippen LogP contribution >= 0.6 is 0 Å². The number of nitrogens with zero attached hydrogens (tertiary/aromatic N) is 1. The Morgan fingerprint density at radius 1 is 1.33 bits per heavy atom. The van der Waals surface area contributed by atoms with E-state index in [1.807, 2.05) is 0 Å². The summed E-state index contributed by atoms with van der Waals surface area (Å²) in [5.74, 6) is 0. The minimum atomic E-state index is -4.42. The van der Waals surface area contributed by atoms with Crippen LogP contribution in [0.2, 0.25) is 0 Å². The molecule has 0 aliphatic carbocycles. The molecular formula is C9H12F3N3O2S. The summed E-state index contributed by atoms with van der Waals surface area (Å²) < 4.78 is 58.9. The minimum Gasteiger partial charge on any atom is -0.397 e. The van der Waals surface area contributed by atoms with Crippen molar-refractivity contribution in [1.82, 2.24) is 0 Å². The Hall–Kier alpha value is -1.48. The molecule has 0 heterocycles. The molecule has 0 aliphatic rings. The third kappa shape index (κ3) is 3.77. The van der Waals surface area contributed by atoms with Crippen molar-refractivity contribution in [3.63, 3.8) is 0 Å². The van der Waals surface area contributed by atoms with Crippen LogP contribution in [0.1, 0.15) is 0 Å². The molecule has 0 fully saturated rings. The number of nitrogen functional groups attached to an aromatic ring is 1. The fourth-order valence-electron chi connectivity index (χ4n) is 1.39. The first-order valence-corrected chi connectivity index (χ1v) is 6.25. The molecule has 0 bridgehead atoms. The minimum absolute atomic E-state index is 0.0363. The topological polar surface area (TPSA) is 89.4 Å². The Morgan fingerprint density at radius 2 is 1.89 bits per heavy atom. The molecule has 0 spiro atoms. The summed E-state index contributed by atoms with van der Waals surface area (Å²) in [6, 6.07) is 3.34. The number of nitrogens with two attached hydrogens (primary N) is 2. The fourth-order valence-corrected chi connectivity index (χ4v) is 1.92. The van der Waals surface area contributed by atoms with Crippen LogP contribution in [0.4, 0.5) is 24.5 Å². The summed E-state index contributed by atoms with van der Waals surface area (Å²) in [6.45, 7) is -1.24. The molecule has 5 nitrogen and oxygen atoms in total. The zero-order chi connectivity index (χ0) is 14.1. The van der Waals surface area contributed by atoms with Crippen LogP contribution in [0.3, 0.4) is 0 Å². The van der Waals surface area contributed by atoms with Gasteiger partial charge < -0.3 is 10.6 Å². The van der Waals surface area contributed by atoms with Crippen LogP contribution in [-0.4, -0.2) is 28.2 Å². The van der Waals surface area contributed by atoms with Crippen molar-refractivity contribution in [2.75, 3.05) is 24.2 Å². The van der Waals surface area contributed by atoms with E-state index in [1.54, 1.807) is 0 Å². The fraction of sp³-hybridized carbons (Fsp3) is 0.333. The number of rotatable bonds is 3. The summed E-state index contributed by atoms with van der Waals surface area (Å²) >= 11 is 0. The molecule has 102 valence electrons. The van der Waals surface area contributed by atoms with E-state index in [2.05, 4.69) is 0 Å². The monoisotopic (exact) mass is 283 g/mol. The first-order valence-electron chi connectivity index (χ1n) is 4.71. The smallest absolute Gasteiger partial charge is 0.397 e. The Labute approximate surface area is 102 Å². The molecule has 9 heteroatoms. The normalized spacial score (nSPS) is 12.5. The van der Waals surface area contributed by atoms with Gasteiger partial charge in [0.1, 0.15) is 6.54 Å². The van der Waals surface area contributed by atoms with Gasteiger partial charge in [-0.3, -0.25) is 0 Å². The highest BCUT2D eigenvalue weighted by molar-refractivity contribution is 7.89. The molecule has 0 unspecified atom stereocenters. The number of sulfonamides is 1. The summed E-state index contributed by atoms with van der Waals surface area (Å²) in [5, 5.41) is 4.89. The Balaban J connectivity index is 3.16. The Kier molecular flexibility index (Phi) is 3.77. The Bertz CT molecular complexity index is 542. The van der Waals surface area contributed by atoms with Crippen molar-refractivity contribution < 1.29 is 21.6 Å². The molecule has 0 atom stereocenters. The maximum Gasteiger partial charge on any atom is 0.405 e. The lowest BCUT2D eigenvalue weighted by molar-refractivity contribution is -0.119. The van der Waals surface area contributed by atoms with Crippen molar-refractivity contribution in [1.29, 1.82) is 0 Å². The molecule has 0 amide bonds. The number of halogens is 3. The molecule has 0 saturated carbocycles. The second kappa shape index (κ2) is 4.65. The largest absolute Gasteiger partial charge is 0.405 e. The van der Waals surface area contributed by atoms with Gasteiger partial charge in [-0.05, 0) is 18.2 Å². The van der Waals surface area contributed by atoms with E-state index >= 15 is 0 Å². The number of anilines is 2. The lowest BCUT2D eigenvalue weighted by atomic mass is 10.2. The van der Waals surface area contributed by atoms with Crippen LogP contribution in [0.15, 0.2) is 23.1 Å². The number of alkyl halides is 3. The van der Waals surface area contributed by atoms with E-state index in [-0.39, 0.29) is 16.3 Å². The van der Waals surface area contributed by atoms with E-state index in [1.165, 1.54) is 6.07 Å². The standard InChI is InChI=1S/C9H12F3N3O2S/c1-15(5-9(10,11)12)8-4-6(18(14,16)17)2-3-7(8)13/h2-4H,5,13H2,1H3,(H2,14,16,17). The maximum atomic E-state index is 12.2. The molecule has 4 N–H and O–H groups in total. The van der Waals surface area contributed by atoms with Crippen LogP contribution in [-0.2, 0) is 10.0 Å². The summed E-state index contributed by atoms with van der Waals surface area (Å²) in [4.78, 5) is 0.519. The Morgan fingerprint density at radius 3 is 2.33 bits per heavy atom. The zero-order valence-corrected chi connectivity index (χ0v) is 10.2. The molecule has 1 rings (SSSR count). The van der Waals surface area contributed by atoms with Crippen LogP contribution in [0.5, 0.6) is 0 Å². The third-order valence-corrected chi connectivity index (χ3v) is 3.07. The van der Waals surface area contributed by atoms with Gasteiger partial charge >= 0.3 is 6.18 Å². The molecule has 0 aromatic heterocycles. The lowest BCUT2D eigenvalue weighted by Crippen LogP contribution is -2.31. The molecule has 0 radical (unpaired) electrons. The first-order chi connectivity index (χ1) is 8.00. The average molecular weight is 283 g/mol. The summed E-state index contributed by atoms with van der Waals surface area (Å²) in [6.07, 6.45) is -4.42. The molecule has 0 saturated heterocycles. The van der Waals surface area contributed by atoms with Gasteiger partial charge in [-0.25, -0.2) is 13.6 Å². The average Bonchev–Trinajstić information content (AvgIpc) is 2.13. The van der Waals surface area contributed by atoms with E-state index in [9.17, 15) is 21.6 Å². The molecule has 18 heavy (non-hydrogen) atoms. The summed E-state index contributed by atoms with van der Waals surface area (Å²) in [5.41, 5.74) is 5.50. The van der Waals surface area contributed by atoms with Gasteiger partial charge in [0, 0.05) is 7.05 Å². The number of hydrogen-bond acceptors (Lipinski definition) is 4. The SMILES string of the molecule is CN(CC(F)(F)F)c1cc(S(N)(=O)=O)ccc1N. The predicted octanol–water partition coefficient (Wildman–Crippen LogP) is 0.915. The molecular weight excluding hydrogens is 271 g/mol. The number of primary sulfonamides is 1. The first kappa shape index (κ1) is 14.6. The highest BCUT2D eigenvalue weighted by Crippen LogP contribution is 2.28. The number of benzene rings is 1. The van der Waals surface area contributed by atoms with Gasteiger partial charge in [0.2, 0.25) is 10.0 Å². The second-order valence-electron chi connectivity index (χ2n) is 3.74. The number of hydrogen-bond donors (Lipinski definition) is 2. The molecule has 1 aromatic carbocycles. The van der Waals surface area contributed by atoms with Gasteiger partial charge in [-0.2, -0.15) is 13.2 Å². The van der Waals surface area contributed by atoms with Gasteiger partial charge in [-0.15, -0.1) is 0 Å². The van der Waals surface area contributed by atoms with Gasteiger partial charge in [-0.1, -0.05) is 0 Å². The quantitative estimate of drug-likeness (QED) is 0.807. The maximum absolute atomic E-state index is 12.2. The second-order valence-corrected chi connectivity index (χ2v) is 5.30. The van der Waals surface area contributed by atoms with Crippen LogP contribution in [0, 0.1) is 0 Å². The van der Waals surface area contributed by atoms with Crippen molar-refractivity contribution in [3.8, 4) is 0 Å². The van der Waals surface area contributed by atoms with Crippen molar-refractivity contribution in [2.24, 2.45) is 5.14 Å². The highest BCUT2D eigenvalue weighted by atomic mass is 32.2. The summed E-state index contributed by atoms with van der Waals surface area (Å²) in [7, 11) is -2.82. The lowest BCUT2D eigenvalue weighted by Gasteiger charge is -2.22. The van der Waals surface area contributed by atoms with Crippen LogP contribution < -0.4 is 15.8 Å². The van der Waals surface area contributed by atoms with Crippen molar-refractivity contribution in [2.45, 2.75) is 11.1 Å². The molecule has 0 aliphatic heterocycles. The highest BCUT2D eigenvalue weighted by Gasteiger charge is 2.30. The molecule has 1 aromatic rings. The van der Waals surface area contributed by atoms with Crippen LogP contribution in [0.25, 0.3) is 0 Å². The van der Waals surface area contributed by atoms with Gasteiger partial charge in [0.25, 0.3) is 0 Å². The zero-order valence-electron chi connectivity index (χ0n) is 9.40.